The number of methoxy groups -OCH3 is 1. The summed E-state index contributed by atoms with van der Waals surface area (Å²) in [6.45, 7) is 1.26. The second-order valence-electron chi connectivity index (χ2n) is 6.17. The molecule has 0 saturated heterocycles. The molecule has 12 heteroatoms. The van der Waals surface area contributed by atoms with Gasteiger partial charge in [-0.2, -0.15) is 21.6 Å². The van der Waals surface area contributed by atoms with Crippen molar-refractivity contribution in [1.29, 1.82) is 0 Å². The molecule has 0 aliphatic heterocycles. The number of alkyl halides is 3. The van der Waals surface area contributed by atoms with E-state index in [0.717, 1.165) is 29.2 Å². The molecule has 2 heterocycles. The first-order chi connectivity index (χ1) is 14.5. The number of aromatic nitrogens is 1. The van der Waals surface area contributed by atoms with Gasteiger partial charge in [0.25, 0.3) is 0 Å². The Hall–Kier alpha value is -2.99. The molecule has 1 aromatic carbocycles. The Bertz CT molecular complexity index is 1250. The van der Waals surface area contributed by atoms with Gasteiger partial charge in [0.2, 0.25) is 0 Å². The van der Waals surface area contributed by atoms with Gasteiger partial charge in [-0.25, -0.2) is 4.98 Å². The van der Waals surface area contributed by atoms with Crippen LogP contribution in [-0.2, 0) is 16.5 Å². The molecule has 0 atom stereocenters. The van der Waals surface area contributed by atoms with Gasteiger partial charge in [-0.15, -0.1) is 11.3 Å². The number of pyridine rings is 1. The maximum atomic E-state index is 12.8. The zero-order valence-corrected chi connectivity index (χ0v) is 17.8. The molecule has 0 saturated carbocycles. The minimum absolute atomic E-state index is 0.00138. The molecule has 0 fully saturated rings. The van der Waals surface area contributed by atoms with E-state index < -0.39 is 27.2 Å². The van der Waals surface area contributed by atoms with Crippen molar-refractivity contribution in [2.75, 3.05) is 7.11 Å². The van der Waals surface area contributed by atoms with Gasteiger partial charge in [0.1, 0.15) is 10.6 Å². The first-order valence-electron chi connectivity index (χ1n) is 8.62. The van der Waals surface area contributed by atoms with E-state index in [0.29, 0.717) is 12.2 Å². The Kier molecular flexibility index (Phi) is 6.32. The third kappa shape index (κ3) is 4.85. The molecule has 3 rings (SSSR count). The highest BCUT2D eigenvalue weighted by atomic mass is 32.2. The lowest BCUT2D eigenvalue weighted by atomic mass is 10.1. The number of carbonyl (C=O) groups excluding carboxylic acids is 1. The van der Waals surface area contributed by atoms with E-state index in [9.17, 15) is 26.4 Å². The Labute approximate surface area is 179 Å². The Balaban J connectivity index is 2.04. The van der Waals surface area contributed by atoms with Gasteiger partial charge >= 0.3 is 15.6 Å². The van der Waals surface area contributed by atoms with Gasteiger partial charge in [-0.3, -0.25) is 9.79 Å². The van der Waals surface area contributed by atoms with Crippen molar-refractivity contribution in [3.63, 3.8) is 0 Å². The van der Waals surface area contributed by atoms with Crippen molar-refractivity contribution in [2.24, 2.45) is 4.99 Å². The summed E-state index contributed by atoms with van der Waals surface area (Å²) in [5.41, 5.74) is -4.75. The van der Waals surface area contributed by atoms with Crippen LogP contribution >= 0.6 is 11.3 Å². The van der Waals surface area contributed by atoms with Gasteiger partial charge in [0.05, 0.1) is 23.1 Å². The van der Waals surface area contributed by atoms with Crippen LogP contribution in [0.4, 0.5) is 18.9 Å². The molecule has 2 aromatic heterocycles. The zero-order chi connectivity index (χ0) is 22.8. The molecular formula is C19H15F3N2O5S2. The number of ether oxygens (including phenoxy) is 1. The van der Waals surface area contributed by atoms with Gasteiger partial charge in [-0.1, -0.05) is 12.1 Å². The number of hydrogen-bond donors (Lipinski definition) is 0. The SMILES string of the molecule is COc1ccc(CC=Nc2c(C(C)=O)sc3nccc(OS(=O)(=O)C(F)(F)F)c23)cc1. The van der Waals surface area contributed by atoms with Crippen LogP contribution in [0, 0.1) is 0 Å². The van der Waals surface area contributed by atoms with E-state index in [-0.39, 0.29) is 20.8 Å². The summed E-state index contributed by atoms with van der Waals surface area (Å²) in [6, 6.07) is 8.08. The first kappa shape index (κ1) is 22.7. The molecule has 3 aromatic rings. The van der Waals surface area contributed by atoms with Crippen LogP contribution < -0.4 is 8.92 Å². The van der Waals surface area contributed by atoms with Gasteiger partial charge < -0.3 is 8.92 Å². The summed E-state index contributed by atoms with van der Waals surface area (Å²) in [5, 5.41) is -0.0866. The molecule has 164 valence electrons. The molecule has 0 bridgehead atoms. The van der Waals surface area contributed by atoms with Crippen molar-refractivity contribution in [3.05, 3.63) is 47.0 Å². The average Bonchev–Trinajstić information content (AvgIpc) is 3.07. The fourth-order valence-corrected chi connectivity index (χ4v) is 4.05. The Morgan fingerprint density at radius 2 is 1.90 bits per heavy atom. The van der Waals surface area contributed by atoms with Crippen molar-refractivity contribution in [1.82, 2.24) is 4.98 Å². The number of halogens is 3. The molecule has 0 unspecified atom stereocenters. The van der Waals surface area contributed by atoms with Crippen LogP contribution in [0.15, 0.2) is 41.5 Å². The number of nitrogens with zero attached hydrogens (tertiary/aromatic N) is 2. The van der Waals surface area contributed by atoms with Crippen LogP contribution in [0.2, 0.25) is 0 Å². The van der Waals surface area contributed by atoms with E-state index in [1.807, 2.05) is 0 Å². The topological polar surface area (TPSA) is 94.9 Å². The second-order valence-corrected chi connectivity index (χ2v) is 8.71. The summed E-state index contributed by atoms with van der Waals surface area (Å²) in [6.07, 6.45) is 2.90. The fourth-order valence-electron chi connectivity index (χ4n) is 2.58. The molecule has 0 spiro atoms. The molecule has 31 heavy (non-hydrogen) atoms. The summed E-state index contributed by atoms with van der Waals surface area (Å²) >= 11 is 0.884. The lowest BCUT2D eigenvalue weighted by Crippen LogP contribution is -2.28. The predicted octanol–water partition coefficient (Wildman–Crippen LogP) is 4.68. The van der Waals surface area contributed by atoms with Gasteiger partial charge in [0.15, 0.2) is 11.5 Å². The summed E-state index contributed by atoms with van der Waals surface area (Å²) in [7, 11) is -4.38. The third-order valence-corrected chi connectivity index (χ3v) is 6.19. The highest BCUT2D eigenvalue weighted by Gasteiger charge is 2.49. The minimum Gasteiger partial charge on any atom is -0.497 e. The van der Waals surface area contributed by atoms with Crippen LogP contribution in [-0.4, -0.2) is 38.0 Å². The number of Topliss-reactive ketones (excluding diaryl/α,β-unsaturated/α-hetero) is 1. The quantitative estimate of drug-likeness (QED) is 0.214. The zero-order valence-electron chi connectivity index (χ0n) is 16.1. The van der Waals surface area contributed by atoms with E-state index in [4.69, 9.17) is 4.74 Å². The molecule has 7 nitrogen and oxygen atoms in total. The van der Waals surface area contributed by atoms with Crippen molar-refractivity contribution in [3.8, 4) is 11.5 Å². The molecule has 0 amide bonds. The number of rotatable bonds is 7. The van der Waals surface area contributed by atoms with E-state index in [1.165, 1.54) is 20.2 Å². The van der Waals surface area contributed by atoms with E-state index in [2.05, 4.69) is 14.2 Å². The molecule has 0 radical (unpaired) electrons. The number of aliphatic imine (C=N–C) groups is 1. The summed E-state index contributed by atoms with van der Waals surface area (Å²) in [5.74, 6) is -0.339. The molecule has 0 aliphatic carbocycles. The second kappa shape index (κ2) is 8.63. The number of carbonyl (C=O) groups is 1. The summed E-state index contributed by atoms with van der Waals surface area (Å²) < 4.78 is 70.7. The maximum Gasteiger partial charge on any atom is 0.534 e. The summed E-state index contributed by atoms with van der Waals surface area (Å²) in [4.78, 5) is 20.5. The normalized spacial score (nSPS) is 12.4. The van der Waals surface area contributed by atoms with Crippen molar-refractivity contribution < 1.29 is 35.3 Å². The molecule has 0 N–H and O–H groups in total. The molecular weight excluding hydrogens is 457 g/mol. The number of thiophene rings is 1. The first-order valence-corrected chi connectivity index (χ1v) is 10.8. The van der Waals surface area contributed by atoms with Crippen LogP contribution in [0.3, 0.4) is 0 Å². The maximum absolute atomic E-state index is 12.8. The highest BCUT2D eigenvalue weighted by molar-refractivity contribution is 7.88. The fraction of sp³-hybridized carbons (Fsp3) is 0.211. The standard InChI is InChI=1S/C19H15F3N2O5S2/c1-11(25)17-16(23-9-7-12-3-5-13(28-2)6-4-12)15-14(8-10-24-18(15)30-17)29-31(26,27)19(20,21)22/h3-6,8-10H,7H2,1-2H3. The number of fused-ring (bicyclic) bond motifs is 1. The Morgan fingerprint density at radius 1 is 1.23 bits per heavy atom. The van der Waals surface area contributed by atoms with E-state index >= 15 is 0 Å². The third-order valence-electron chi connectivity index (χ3n) is 4.04. The Morgan fingerprint density at radius 3 is 2.48 bits per heavy atom. The monoisotopic (exact) mass is 472 g/mol. The van der Waals surface area contributed by atoms with Gasteiger partial charge in [-0.05, 0) is 17.7 Å². The number of ketones is 1. The molecule has 0 aliphatic rings. The predicted molar refractivity (Wildman–Crippen MR) is 110 cm³/mol. The number of benzene rings is 1. The highest BCUT2D eigenvalue weighted by Crippen LogP contribution is 2.43. The van der Waals surface area contributed by atoms with Crippen molar-refractivity contribution >= 4 is 49.4 Å². The van der Waals surface area contributed by atoms with Gasteiger partial charge in [0, 0.05) is 31.8 Å². The number of hydrogen-bond acceptors (Lipinski definition) is 8. The lowest BCUT2D eigenvalue weighted by molar-refractivity contribution is -0.0499. The van der Waals surface area contributed by atoms with E-state index in [1.54, 1.807) is 24.3 Å². The largest absolute Gasteiger partial charge is 0.534 e. The lowest BCUT2D eigenvalue weighted by Gasteiger charge is -2.10. The smallest absolute Gasteiger partial charge is 0.497 e. The van der Waals surface area contributed by atoms with Crippen LogP contribution in [0.25, 0.3) is 10.2 Å². The van der Waals surface area contributed by atoms with Crippen LogP contribution in [0.5, 0.6) is 11.5 Å². The minimum atomic E-state index is -5.91. The van der Waals surface area contributed by atoms with Crippen molar-refractivity contribution in [2.45, 2.75) is 18.9 Å². The van der Waals surface area contributed by atoms with Crippen LogP contribution in [0.1, 0.15) is 22.2 Å². The average molecular weight is 472 g/mol.